The molecule has 0 saturated carbocycles. The van der Waals surface area contributed by atoms with Crippen LogP contribution in [0.1, 0.15) is 37.9 Å². The van der Waals surface area contributed by atoms with Crippen LogP contribution in [-0.4, -0.2) is 28.9 Å². The van der Waals surface area contributed by atoms with Crippen LogP contribution in [0.25, 0.3) is 0 Å². The summed E-state index contributed by atoms with van der Waals surface area (Å²) in [6, 6.07) is 0. The number of nitrogens with zero attached hydrogens (tertiary/aromatic N) is 1. The summed E-state index contributed by atoms with van der Waals surface area (Å²) in [7, 11) is 0. The molecule has 0 radical (unpaired) electrons. The Morgan fingerprint density at radius 1 is 1.35 bits per heavy atom. The third kappa shape index (κ3) is 6.86. The smallest absolute Gasteiger partial charge is 0.226 e. The van der Waals surface area contributed by atoms with Crippen LogP contribution in [0.4, 0.5) is 0 Å². The van der Waals surface area contributed by atoms with Gasteiger partial charge >= 0.3 is 0 Å². The molecule has 0 saturated heterocycles. The van der Waals surface area contributed by atoms with Crippen molar-refractivity contribution >= 4 is 34.8 Å². The predicted octanol–water partition coefficient (Wildman–Crippen LogP) is 1.85. The summed E-state index contributed by atoms with van der Waals surface area (Å²) in [5.74, 6) is 0.144. The highest BCUT2D eigenvalue weighted by molar-refractivity contribution is 7.09. The van der Waals surface area contributed by atoms with Crippen LogP contribution in [0.2, 0.25) is 0 Å². The average molecular weight is 318 g/mol. The van der Waals surface area contributed by atoms with Gasteiger partial charge in [-0.1, -0.05) is 0 Å². The zero-order valence-corrected chi connectivity index (χ0v) is 13.5. The highest BCUT2D eigenvalue weighted by atomic mass is 35.5. The first kappa shape index (κ1) is 16.9. The van der Waals surface area contributed by atoms with Gasteiger partial charge in [-0.3, -0.25) is 9.59 Å². The van der Waals surface area contributed by atoms with Crippen LogP contribution in [-0.2, 0) is 21.9 Å². The maximum atomic E-state index is 11.7. The molecular weight excluding hydrogens is 298 g/mol. The van der Waals surface area contributed by atoms with E-state index >= 15 is 0 Å². The monoisotopic (exact) mass is 317 g/mol. The van der Waals surface area contributed by atoms with Crippen molar-refractivity contribution in [1.29, 1.82) is 0 Å². The molecule has 1 aromatic heterocycles. The van der Waals surface area contributed by atoms with E-state index in [1.807, 2.05) is 26.2 Å². The van der Waals surface area contributed by atoms with Crippen LogP contribution in [0.15, 0.2) is 5.38 Å². The van der Waals surface area contributed by atoms with E-state index in [2.05, 4.69) is 15.6 Å². The van der Waals surface area contributed by atoms with Crippen LogP contribution < -0.4 is 10.6 Å². The fourth-order valence-electron chi connectivity index (χ4n) is 1.49. The summed E-state index contributed by atoms with van der Waals surface area (Å²) in [6.45, 7) is 6.08. The third-order valence-electron chi connectivity index (χ3n) is 2.24. The minimum atomic E-state index is -0.250. The molecule has 1 rings (SSSR count). The molecule has 1 heterocycles. The Hall–Kier alpha value is -1.14. The fraction of sp³-hybridized carbons (Fsp3) is 0.615. The Morgan fingerprint density at radius 2 is 2.05 bits per heavy atom. The average Bonchev–Trinajstić information content (AvgIpc) is 2.74. The summed E-state index contributed by atoms with van der Waals surface area (Å²) < 4.78 is 0. The van der Waals surface area contributed by atoms with Gasteiger partial charge in [-0.2, -0.15) is 0 Å². The van der Waals surface area contributed by atoms with Crippen molar-refractivity contribution in [3.8, 4) is 0 Å². The number of aromatic nitrogens is 1. The minimum Gasteiger partial charge on any atom is -0.355 e. The molecule has 0 aliphatic rings. The first-order chi connectivity index (χ1) is 9.30. The number of amides is 2. The van der Waals surface area contributed by atoms with Gasteiger partial charge in [0, 0.05) is 23.9 Å². The maximum Gasteiger partial charge on any atom is 0.226 e. The fourth-order valence-corrected chi connectivity index (χ4v) is 2.51. The number of hydrogen-bond acceptors (Lipinski definition) is 4. The number of alkyl halides is 1. The van der Waals surface area contributed by atoms with E-state index in [1.165, 1.54) is 11.3 Å². The second-order valence-corrected chi connectivity index (χ2v) is 6.65. The molecule has 0 unspecified atom stereocenters. The molecule has 7 heteroatoms. The Kier molecular flexibility index (Phi) is 6.42. The number of halogens is 1. The minimum absolute atomic E-state index is 0.0727. The number of nitrogens with one attached hydrogen (secondary N) is 2. The Bertz CT molecular complexity index is 468. The van der Waals surface area contributed by atoms with E-state index in [0.717, 1.165) is 10.7 Å². The Morgan fingerprint density at radius 3 is 2.60 bits per heavy atom. The van der Waals surface area contributed by atoms with Gasteiger partial charge in [-0.25, -0.2) is 4.98 Å². The summed E-state index contributed by atoms with van der Waals surface area (Å²) in [6.07, 6.45) is 0.496. The zero-order chi connectivity index (χ0) is 15.2. The molecule has 2 amide bonds. The number of hydrogen-bond donors (Lipinski definition) is 2. The van der Waals surface area contributed by atoms with Gasteiger partial charge in [0.25, 0.3) is 0 Å². The van der Waals surface area contributed by atoms with E-state index in [1.54, 1.807) is 0 Å². The van der Waals surface area contributed by atoms with Crippen molar-refractivity contribution in [2.24, 2.45) is 0 Å². The molecule has 0 aromatic carbocycles. The maximum absolute atomic E-state index is 11.7. The first-order valence-corrected chi connectivity index (χ1v) is 7.78. The van der Waals surface area contributed by atoms with E-state index in [-0.39, 0.29) is 30.2 Å². The molecule has 1 aromatic rings. The SMILES string of the molecule is CC(C)(C)NC(=O)CCNC(=O)Cc1nc(CCl)cs1. The largest absolute Gasteiger partial charge is 0.355 e. The highest BCUT2D eigenvalue weighted by Crippen LogP contribution is 2.11. The van der Waals surface area contributed by atoms with Gasteiger partial charge in [-0.05, 0) is 20.8 Å². The van der Waals surface area contributed by atoms with Crippen LogP contribution in [0, 0.1) is 0 Å². The van der Waals surface area contributed by atoms with Crippen LogP contribution >= 0.6 is 22.9 Å². The summed E-state index contributed by atoms with van der Waals surface area (Å²) in [4.78, 5) is 27.4. The van der Waals surface area contributed by atoms with Crippen molar-refractivity contribution in [2.75, 3.05) is 6.54 Å². The lowest BCUT2D eigenvalue weighted by Gasteiger charge is -2.20. The summed E-state index contributed by atoms with van der Waals surface area (Å²) in [5, 5.41) is 8.12. The Balaban J connectivity index is 2.25. The molecule has 20 heavy (non-hydrogen) atoms. The molecule has 0 bridgehead atoms. The normalized spacial score (nSPS) is 11.2. The molecule has 0 spiro atoms. The Labute approximate surface area is 128 Å². The van der Waals surface area contributed by atoms with Crippen molar-refractivity contribution in [3.05, 3.63) is 16.1 Å². The van der Waals surface area contributed by atoms with E-state index in [0.29, 0.717) is 12.4 Å². The quantitative estimate of drug-likeness (QED) is 0.787. The highest BCUT2D eigenvalue weighted by Gasteiger charge is 2.13. The number of carbonyl (C=O) groups excluding carboxylic acids is 2. The lowest BCUT2D eigenvalue weighted by atomic mass is 10.1. The molecule has 0 fully saturated rings. The molecule has 2 N–H and O–H groups in total. The van der Waals surface area contributed by atoms with Gasteiger partial charge in [0.1, 0.15) is 5.01 Å². The van der Waals surface area contributed by atoms with Crippen molar-refractivity contribution < 1.29 is 9.59 Å². The molecule has 0 aliphatic heterocycles. The zero-order valence-electron chi connectivity index (χ0n) is 12.0. The van der Waals surface area contributed by atoms with Crippen LogP contribution in [0.5, 0.6) is 0 Å². The van der Waals surface area contributed by atoms with Crippen molar-refractivity contribution in [2.45, 2.75) is 45.0 Å². The number of thiazole rings is 1. The summed E-state index contributed by atoms with van der Waals surface area (Å²) >= 11 is 7.06. The molecule has 112 valence electrons. The van der Waals surface area contributed by atoms with E-state index in [4.69, 9.17) is 11.6 Å². The lowest BCUT2D eigenvalue weighted by molar-refractivity contribution is -0.123. The van der Waals surface area contributed by atoms with Crippen LogP contribution in [0.3, 0.4) is 0 Å². The summed E-state index contributed by atoms with van der Waals surface area (Å²) in [5.41, 5.74) is 0.531. The standard InChI is InChI=1S/C13H20ClN3O2S/c1-13(2,3)17-10(18)4-5-15-11(19)6-12-16-9(7-14)8-20-12/h8H,4-7H2,1-3H3,(H,15,19)(H,17,18). The molecule has 0 atom stereocenters. The number of carbonyl (C=O) groups is 2. The van der Waals surface area contributed by atoms with Gasteiger partial charge in [-0.15, -0.1) is 22.9 Å². The lowest BCUT2D eigenvalue weighted by Crippen LogP contribution is -2.42. The second-order valence-electron chi connectivity index (χ2n) is 5.44. The molecule has 5 nitrogen and oxygen atoms in total. The third-order valence-corrected chi connectivity index (χ3v) is 3.41. The van der Waals surface area contributed by atoms with Gasteiger partial charge in [0.15, 0.2) is 0 Å². The van der Waals surface area contributed by atoms with E-state index in [9.17, 15) is 9.59 Å². The molecular formula is C13H20ClN3O2S. The van der Waals surface area contributed by atoms with Crippen molar-refractivity contribution in [1.82, 2.24) is 15.6 Å². The van der Waals surface area contributed by atoms with Crippen molar-refractivity contribution in [3.63, 3.8) is 0 Å². The van der Waals surface area contributed by atoms with E-state index < -0.39 is 0 Å². The number of rotatable bonds is 6. The first-order valence-electron chi connectivity index (χ1n) is 6.37. The van der Waals surface area contributed by atoms with Gasteiger partial charge < -0.3 is 10.6 Å². The molecule has 0 aliphatic carbocycles. The second kappa shape index (κ2) is 7.59. The van der Waals surface area contributed by atoms with Gasteiger partial charge in [0.05, 0.1) is 18.0 Å². The predicted molar refractivity (Wildman–Crippen MR) is 80.9 cm³/mol. The topological polar surface area (TPSA) is 71.1 Å². The van der Waals surface area contributed by atoms with Gasteiger partial charge in [0.2, 0.25) is 11.8 Å².